The molecule has 3 aromatic rings. The van der Waals surface area contributed by atoms with Crippen LogP contribution < -0.4 is 16.0 Å². The summed E-state index contributed by atoms with van der Waals surface area (Å²) in [4.78, 5) is 30.3. The first-order valence-electron chi connectivity index (χ1n) is 9.01. The van der Waals surface area contributed by atoms with Crippen LogP contribution in [0.2, 0.25) is 0 Å². The normalized spacial score (nSPS) is 16.7. The molecule has 28 heavy (non-hydrogen) atoms. The van der Waals surface area contributed by atoms with Gasteiger partial charge in [0.2, 0.25) is 5.91 Å². The highest BCUT2D eigenvalue weighted by molar-refractivity contribution is 7.13. The molecule has 0 saturated carbocycles. The molecule has 1 aliphatic rings. The van der Waals surface area contributed by atoms with Gasteiger partial charge in [-0.3, -0.25) is 14.7 Å². The lowest BCUT2D eigenvalue weighted by Gasteiger charge is -2.31. The molecule has 0 spiro atoms. The van der Waals surface area contributed by atoms with Crippen LogP contribution in [0.5, 0.6) is 0 Å². The summed E-state index contributed by atoms with van der Waals surface area (Å²) in [6, 6.07) is 9.55. The predicted octanol–water partition coefficient (Wildman–Crippen LogP) is 2.49. The van der Waals surface area contributed by atoms with Crippen molar-refractivity contribution in [2.75, 3.05) is 23.3 Å². The summed E-state index contributed by atoms with van der Waals surface area (Å²) in [6.45, 7) is 1.39. The average Bonchev–Trinajstić information content (AvgIpc) is 3.41. The van der Waals surface area contributed by atoms with Crippen LogP contribution in [-0.4, -0.2) is 40.1 Å². The molecule has 2 aromatic heterocycles. The fourth-order valence-corrected chi connectivity index (χ4v) is 4.13. The Bertz CT molecular complexity index is 967. The summed E-state index contributed by atoms with van der Waals surface area (Å²) in [6.07, 6.45) is 3.42. The van der Waals surface area contributed by atoms with E-state index in [9.17, 15) is 9.59 Å². The number of aromatic amines is 1. The molecule has 4 rings (SSSR count). The summed E-state index contributed by atoms with van der Waals surface area (Å²) < 4.78 is 0. The smallest absolute Gasteiger partial charge is 0.268 e. The van der Waals surface area contributed by atoms with Crippen LogP contribution in [-0.2, 0) is 4.79 Å². The number of hydrogen-bond donors (Lipinski definition) is 3. The maximum atomic E-state index is 12.7. The van der Waals surface area contributed by atoms with Gasteiger partial charge in [-0.25, -0.2) is 4.98 Å². The van der Waals surface area contributed by atoms with Crippen LogP contribution >= 0.6 is 11.3 Å². The number of thiazole rings is 1. The molecule has 144 valence electrons. The minimum Gasteiger partial charge on any atom is -0.364 e. The quantitative estimate of drug-likeness (QED) is 0.612. The van der Waals surface area contributed by atoms with E-state index in [1.807, 2.05) is 35.2 Å². The van der Waals surface area contributed by atoms with Crippen molar-refractivity contribution in [2.24, 2.45) is 11.7 Å². The molecular weight excluding hydrogens is 376 g/mol. The molecular formula is C19H20N6O2S. The van der Waals surface area contributed by atoms with Crippen molar-refractivity contribution in [3.63, 3.8) is 0 Å². The van der Waals surface area contributed by atoms with Crippen LogP contribution in [0.15, 0.2) is 41.9 Å². The highest BCUT2D eigenvalue weighted by atomic mass is 32.1. The van der Waals surface area contributed by atoms with Crippen molar-refractivity contribution < 1.29 is 9.59 Å². The number of anilines is 2. The minimum absolute atomic E-state index is 0.00864. The number of benzene rings is 1. The van der Waals surface area contributed by atoms with E-state index in [2.05, 4.69) is 20.5 Å². The van der Waals surface area contributed by atoms with E-state index in [4.69, 9.17) is 5.73 Å². The van der Waals surface area contributed by atoms with Gasteiger partial charge in [-0.15, -0.1) is 11.3 Å². The van der Waals surface area contributed by atoms with Gasteiger partial charge in [-0.05, 0) is 36.6 Å². The van der Waals surface area contributed by atoms with Gasteiger partial charge < -0.3 is 16.0 Å². The molecule has 2 amide bonds. The molecule has 1 aromatic carbocycles. The number of nitrogens with two attached hydrogens (primary N) is 1. The van der Waals surface area contributed by atoms with Crippen molar-refractivity contribution in [3.8, 4) is 11.3 Å². The highest BCUT2D eigenvalue weighted by Crippen LogP contribution is 2.27. The highest BCUT2D eigenvalue weighted by Gasteiger charge is 2.27. The lowest BCUT2D eigenvalue weighted by Crippen LogP contribution is -2.40. The molecule has 0 unspecified atom stereocenters. The lowest BCUT2D eigenvalue weighted by atomic mass is 9.97. The van der Waals surface area contributed by atoms with Crippen LogP contribution in [0.25, 0.3) is 11.3 Å². The Morgan fingerprint density at radius 3 is 2.75 bits per heavy atom. The molecule has 9 heteroatoms. The molecule has 0 aliphatic carbocycles. The van der Waals surface area contributed by atoms with Gasteiger partial charge in [0.05, 0.1) is 11.6 Å². The van der Waals surface area contributed by atoms with Crippen molar-refractivity contribution >= 4 is 34.0 Å². The molecule has 1 fully saturated rings. The number of carbonyl (C=O) groups is 2. The maximum Gasteiger partial charge on any atom is 0.268 e. The van der Waals surface area contributed by atoms with Gasteiger partial charge >= 0.3 is 0 Å². The summed E-state index contributed by atoms with van der Waals surface area (Å²) >= 11 is 1.38. The second kappa shape index (κ2) is 7.81. The zero-order valence-corrected chi connectivity index (χ0v) is 15.9. The second-order valence-electron chi connectivity index (χ2n) is 6.70. The standard InChI is InChI=1S/C19H20N6O2S/c20-17(26)16-11-28-19(23-16)25-9-1-2-13(10-25)18(27)22-14-5-3-12(4-6-14)15-7-8-21-24-15/h3-8,11,13H,1-2,9-10H2,(H2,20,26)(H,21,24)(H,22,27)/t13-/m1/s1. The number of nitrogens with zero attached hydrogens (tertiary/aromatic N) is 3. The third-order valence-corrected chi connectivity index (χ3v) is 5.67. The van der Waals surface area contributed by atoms with E-state index >= 15 is 0 Å². The third kappa shape index (κ3) is 3.89. The summed E-state index contributed by atoms with van der Waals surface area (Å²) in [5.41, 5.74) is 8.24. The second-order valence-corrected chi connectivity index (χ2v) is 7.54. The molecule has 4 N–H and O–H groups in total. The zero-order valence-electron chi connectivity index (χ0n) is 15.1. The Balaban J connectivity index is 1.39. The first-order valence-corrected chi connectivity index (χ1v) is 9.89. The van der Waals surface area contributed by atoms with E-state index in [-0.39, 0.29) is 17.5 Å². The Morgan fingerprint density at radius 1 is 1.25 bits per heavy atom. The number of piperidine rings is 1. The molecule has 1 saturated heterocycles. The SMILES string of the molecule is NC(=O)c1csc(N2CCC[C@@H](C(=O)Nc3ccc(-c4ccn[nH]4)cc3)C2)n1. The largest absolute Gasteiger partial charge is 0.364 e. The van der Waals surface area contributed by atoms with Crippen LogP contribution in [0.1, 0.15) is 23.3 Å². The number of rotatable bonds is 5. The monoisotopic (exact) mass is 396 g/mol. The van der Waals surface area contributed by atoms with E-state index in [0.29, 0.717) is 6.54 Å². The Labute approximate surface area is 165 Å². The number of aromatic nitrogens is 3. The van der Waals surface area contributed by atoms with Gasteiger partial charge in [0, 0.05) is 30.4 Å². The Hall–Kier alpha value is -3.20. The van der Waals surface area contributed by atoms with Crippen molar-refractivity contribution in [1.29, 1.82) is 0 Å². The first-order chi connectivity index (χ1) is 13.6. The third-order valence-electron chi connectivity index (χ3n) is 4.77. The van der Waals surface area contributed by atoms with E-state index in [1.165, 1.54) is 11.3 Å². The van der Waals surface area contributed by atoms with E-state index < -0.39 is 5.91 Å². The van der Waals surface area contributed by atoms with Crippen molar-refractivity contribution in [2.45, 2.75) is 12.8 Å². The van der Waals surface area contributed by atoms with Crippen LogP contribution in [0.4, 0.5) is 10.8 Å². The molecule has 8 nitrogen and oxygen atoms in total. The van der Waals surface area contributed by atoms with Gasteiger partial charge in [0.25, 0.3) is 5.91 Å². The van der Waals surface area contributed by atoms with E-state index in [1.54, 1.807) is 11.6 Å². The van der Waals surface area contributed by atoms with Crippen molar-refractivity contribution in [3.05, 3.63) is 47.6 Å². The fraction of sp³-hybridized carbons (Fsp3) is 0.263. The number of hydrogen-bond acceptors (Lipinski definition) is 6. The number of carbonyl (C=O) groups excluding carboxylic acids is 2. The minimum atomic E-state index is -0.535. The molecule has 0 radical (unpaired) electrons. The van der Waals surface area contributed by atoms with Gasteiger partial charge in [-0.2, -0.15) is 5.10 Å². The summed E-state index contributed by atoms with van der Waals surface area (Å²) in [5.74, 6) is -0.681. The van der Waals surface area contributed by atoms with Gasteiger partial charge in [-0.1, -0.05) is 12.1 Å². The maximum absolute atomic E-state index is 12.7. The van der Waals surface area contributed by atoms with Crippen LogP contribution in [0, 0.1) is 5.92 Å². The molecule has 3 heterocycles. The van der Waals surface area contributed by atoms with Crippen LogP contribution in [0.3, 0.4) is 0 Å². The molecule has 1 atom stereocenters. The van der Waals surface area contributed by atoms with Crippen molar-refractivity contribution in [1.82, 2.24) is 15.2 Å². The fourth-order valence-electron chi connectivity index (χ4n) is 3.28. The van der Waals surface area contributed by atoms with Gasteiger partial charge in [0.1, 0.15) is 5.69 Å². The average molecular weight is 396 g/mol. The Morgan fingerprint density at radius 2 is 2.07 bits per heavy atom. The zero-order chi connectivity index (χ0) is 19.5. The first kappa shape index (κ1) is 18.2. The topological polar surface area (TPSA) is 117 Å². The Kier molecular flexibility index (Phi) is 5.07. The van der Waals surface area contributed by atoms with Gasteiger partial charge in [0.15, 0.2) is 5.13 Å². The molecule has 1 aliphatic heterocycles. The number of nitrogens with one attached hydrogen (secondary N) is 2. The van der Waals surface area contributed by atoms with E-state index in [0.717, 1.165) is 41.5 Å². The number of H-pyrrole nitrogens is 1. The lowest BCUT2D eigenvalue weighted by molar-refractivity contribution is -0.120. The predicted molar refractivity (Wildman–Crippen MR) is 108 cm³/mol. The summed E-state index contributed by atoms with van der Waals surface area (Å²) in [5, 5.41) is 12.2. The summed E-state index contributed by atoms with van der Waals surface area (Å²) in [7, 11) is 0. The number of primary amides is 1. The molecule has 0 bridgehead atoms. The number of amides is 2.